The summed E-state index contributed by atoms with van der Waals surface area (Å²) in [6.07, 6.45) is 0. The summed E-state index contributed by atoms with van der Waals surface area (Å²) in [6.45, 7) is 0. The Morgan fingerprint density at radius 1 is 0.302 bits per heavy atom. The standard InChI is InChI=1S/C52H37N/c1-3-11-38(12-4-1)40-21-23-41(24-22-40)43-27-33-49(34-28-43)53(48-31-25-42(26-32-48)39-13-5-2-6-14-39)50-35-29-44(30-36-50)46-17-9-18-47(37-46)52-20-10-16-45-15-7-8-19-51(45)52/h1-37H/i1D,3D,4D,11D,12D,21D,22D,23D,24D,25D,26D,27D,28D,29D,30D,31D,32D,33D,34D,35D,36D. The smallest absolute Gasteiger partial charge is 0.0645 e. The third kappa shape index (κ3) is 6.65. The van der Waals surface area contributed by atoms with Gasteiger partial charge in [-0.25, -0.2) is 0 Å². The maximum absolute atomic E-state index is 9.57. The molecule has 0 aliphatic rings. The Hall–Kier alpha value is -6.96. The molecule has 0 aliphatic heterocycles. The molecule has 0 heterocycles. The van der Waals surface area contributed by atoms with Crippen LogP contribution in [0.15, 0.2) is 224 Å². The minimum atomic E-state index is -1.07. The predicted molar refractivity (Wildman–Crippen MR) is 226 cm³/mol. The summed E-state index contributed by atoms with van der Waals surface area (Å²) in [6, 6.07) is 10.0. The first-order valence-corrected chi connectivity index (χ1v) is 16.5. The molecule has 0 saturated carbocycles. The van der Waals surface area contributed by atoms with Crippen molar-refractivity contribution in [2.24, 2.45) is 0 Å². The van der Waals surface area contributed by atoms with E-state index in [0.717, 1.165) is 16.3 Å². The number of benzene rings is 9. The van der Waals surface area contributed by atoms with Gasteiger partial charge in [0.2, 0.25) is 0 Å². The first-order chi connectivity index (χ1) is 35.0. The topological polar surface area (TPSA) is 3.24 Å². The van der Waals surface area contributed by atoms with Crippen LogP contribution < -0.4 is 4.90 Å². The third-order valence-electron chi connectivity index (χ3n) is 8.45. The van der Waals surface area contributed by atoms with Gasteiger partial charge in [-0.15, -0.1) is 0 Å². The second-order valence-electron chi connectivity index (χ2n) is 11.7. The van der Waals surface area contributed by atoms with E-state index in [1.807, 2.05) is 48.5 Å². The summed E-state index contributed by atoms with van der Waals surface area (Å²) in [5, 5.41) is 1.86. The van der Waals surface area contributed by atoms with Gasteiger partial charge in [-0.1, -0.05) is 182 Å². The average Bonchev–Trinajstić information content (AvgIpc) is 3.39. The minimum Gasteiger partial charge on any atom is -0.311 e. The molecular formula is C52H37N. The van der Waals surface area contributed by atoms with Crippen LogP contribution in [0.25, 0.3) is 66.4 Å². The molecular weight excluding hydrogens is 639 g/mol. The molecule has 0 atom stereocenters. The highest BCUT2D eigenvalue weighted by molar-refractivity contribution is 5.97. The van der Waals surface area contributed by atoms with E-state index in [1.54, 1.807) is 48.5 Å². The summed E-state index contributed by atoms with van der Waals surface area (Å²) >= 11 is 0. The number of hydrogen-bond acceptors (Lipinski definition) is 1. The number of hydrogen-bond donors (Lipinski definition) is 0. The zero-order valence-corrected chi connectivity index (χ0v) is 27.7. The van der Waals surface area contributed by atoms with Crippen molar-refractivity contribution >= 4 is 27.8 Å². The lowest BCUT2D eigenvalue weighted by molar-refractivity contribution is 1.28. The minimum absolute atomic E-state index is 0.171. The van der Waals surface area contributed by atoms with Crippen LogP contribution in [0.1, 0.15) is 28.8 Å². The first-order valence-electron chi connectivity index (χ1n) is 27.0. The van der Waals surface area contributed by atoms with Crippen LogP contribution in [0.4, 0.5) is 17.1 Å². The molecule has 0 bridgehead atoms. The maximum atomic E-state index is 9.57. The second-order valence-corrected chi connectivity index (χ2v) is 11.7. The SMILES string of the molecule is [2H]c1c([2H])c([2H])c(-c2c([2H])c([2H])c(-c3c([2H])c([2H])c(N(c4c([2H])c([2H])c(-c5ccccc5)c([2H])c4[2H])c4c([2H])c([2H])c(-c5cccc(-c6cccc7ccccc67)c5)c([2H])c4[2H])c([2H])c3[2H])c([2H])c2[2H])c([2H])c1[2H]. The van der Waals surface area contributed by atoms with E-state index < -0.39 is 166 Å². The summed E-state index contributed by atoms with van der Waals surface area (Å²) in [4.78, 5) is 0.619. The lowest BCUT2D eigenvalue weighted by atomic mass is 9.95. The molecule has 9 rings (SSSR count). The van der Waals surface area contributed by atoms with Crippen LogP contribution >= 0.6 is 0 Å². The summed E-state index contributed by atoms with van der Waals surface area (Å²) in [5.74, 6) is 0. The summed E-state index contributed by atoms with van der Waals surface area (Å²) < 4.78 is 190. The van der Waals surface area contributed by atoms with Gasteiger partial charge in [0, 0.05) is 17.1 Å². The van der Waals surface area contributed by atoms with Gasteiger partial charge in [0.15, 0.2) is 0 Å². The van der Waals surface area contributed by atoms with E-state index in [0.29, 0.717) is 10.5 Å². The molecule has 0 unspecified atom stereocenters. The Labute approximate surface area is 341 Å². The van der Waals surface area contributed by atoms with Gasteiger partial charge in [0.1, 0.15) is 0 Å². The molecule has 0 aliphatic carbocycles. The molecule has 1 nitrogen and oxygen atoms in total. The highest BCUT2D eigenvalue weighted by Gasteiger charge is 2.14. The normalized spacial score (nSPS) is 16.6. The van der Waals surface area contributed by atoms with Crippen molar-refractivity contribution in [1.29, 1.82) is 0 Å². The van der Waals surface area contributed by atoms with Crippen molar-refractivity contribution in [3.8, 4) is 55.6 Å². The van der Waals surface area contributed by atoms with Gasteiger partial charge in [-0.3, -0.25) is 0 Å². The Bertz CT molecular complexity index is 3730. The molecule has 53 heavy (non-hydrogen) atoms. The van der Waals surface area contributed by atoms with E-state index in [9.17, 15) is 16.4 Å². The van der Waals surface area contributed by atoms with Crippen LogP contribution in [0, 0.1) is 0 Å². The fraction of sp³-hybridized carbons (Fsp3) is 0. The van der Waals surface area contributed by atoms with E-state index in [2.05, 4.69) is 0 Å². The molecule has 250 valence electrons. The van der Waals surface area contributed by atoms with Crippen molar-refractivity contribution in [3.05, 3.63) is 224 Å². The molecule has 9 aromatic carbocycles. The molecule has 0 radical (unpaired) electrons. The Kier molecular flexibility index (Phi) is 4.49. The molecule has 1 heteroatoms. The Morgan fingerprint density at radius 2 is 0.717 bits per heavy atom. The van der Waals surface area contributed by atoms with Gasteiger partial charge < -0.3 is 4.90 Å². The lowest BCUT2D eigenvalue weighted by Crippen LogP contribution is -2.09. The molecule has 9 aromatic rings. The quantitative estimate of drug-likeness (QED) is 0.153. The Balaban J connectivity index is 1.32. The van der Waals surface area contributed by atoms with E-state index in [-0.39, 0.29) is 22.3 Å². The maximum Gasteiger partial charge on any atom is 0.0645 e. The van der Waals surface area contributed by atoms with E-state index in [1.165, 1.54) is 0 Å². The predicted octanol–water partition coefficient (Wildman–Crippen LogP) is 14.6. The summed E-state index contributed by atoms with van der Waals surface area (Å²) in [7, 11) is 0. The third-order valence-corrected chi connectivity index (χ3v) is 8.45. The average molecular weight is 697 g/mol. The lowest BCUT2D eigenvalue weighted by Gasteiger charge is -2.26. The van der Waals surface area contributed by atoms with Gasteiger partial charge in [0.05, 0.1) is 28.8 Å². The Morgan fingerprint density at radius 3 is 1.32 bits per heavy atom. The highest BCUT2D eigenvalue weighted by atomic mass is 15.1. The van der Waals surface area contributed by atoms with Crippen molar-refractivity contribution in [3.63, 3.8) is 0 Å². The van der Waals surface area contributed by atoms with Crippen LogP contribution in [0.3, 0.4) is 0 Å². The number of nitrogens with zero attached hydrogens (tertiary/aromatic N) is 1. The zero-order valence-electron chi connectivity index (χ0n) is 48.7. The monoisotopic (exact) mass is 696 g/mol. The van der Waals surface area contributed by atoms with Gasteiger partial charge in [-0.05, 0) is 109 Å². The van der Waals surface area contributed by atoms with Crippen LogP contribution in [-0.4, -0.2) is 0 Å². The van der Waals surface area contributed by atoms with Crippen molar-refractivity contribution < 1.29 is 28.8 Å². The number of anilines is 3. The van der Waals surface area contributed by atoms with Gasteiger partial charge in [0.25, 0.3) is 0 Å². The largest absolute Gasteiger partial charge is 0.311 e. The second kappa shape index (κ2) is 14.3. The van der Waals surface area contributed by atoms with E-state index >= 15 is 0 Å². The molecule has 0 aromatic heterocycles. The van der Waals surface area contributed by atoms with E-state index in [4.69, 9.17) is 12.3 Å². The zero-order chi connectivity index (χ0) is 53.7. The highest BCUT2D eigenvalue weighted by Crippen LogP contribution is 2.39. The van der Waals surface area contributed by atoms with Crippen LogP contribution in [0.2, 0.25) is 0 Å². The number of rotatable bonds is 8. The summed E-state index contributed by atoms with van der Waals surface area (Å²) in [5.41, 5.74) is -3.76. The van der Waals surface area contributed by atoms with Crippen LogP contribution in [-0.2, 0) is 0 Å². The molecule has 0 amide bonds. The van der Waals surface area contributed by atoms with Crippen LogP contribution in [0.5, 0.6) is 0 Å². The fourth-order valence-corrected chi connectivity index (χ4v) is 5.86. The van der Waals surface area contributed by atoms with Crippen molar-refractivity contribution in [2.75, 3.05) is 4.90 Å². The molecule has 0 fully saturated rings. The van der Waals surface area contributed by atoms with Crippen molar-refractivity contribution in [1.82, 2.24) is 0 Å². The first kappa shape index (κ1) is 16.6. The molecule has 0 N–H and O–H groups in total. The van der Waals surface area contributed by atoms with Gasteiger partial charge in [-0.2, -0.15) is 0 Å². The number of fused-ring (bicyclic) bond motifs is 1. The molecule has 0 saturated heterocycles. The fourth-order valence-electron chi connectivity index (χ4n) is 5.86. The van der Waals surface area contributed by atoms with Gasteiger partial charge >= 0.3 is 0 Å². The van der Waals surface area contributed by atoms with Crippen molar-refractivity contribution in [2.45, 2.75) is 0 Å². The molecule has 0 spiro atoms.